The highest BCUT2D eigenvalue weighted by atomic mass is 79.9. The predicted octanol–water partition coefficient (Wildman–Crippen LogP) is 1.81. The molecule has 2 saturated heterocycles. The lowest BCUT2D eigenvalue weighted by Crippen LogP contribution is -2.51. The molecule has 28 heavy (non-hydrogen) atoms. The van der Waals surface area contributed by atoms with E-state index in [1.807, 2.05) is 13.8 Å². The average Bonchev–Trinajstić information content (AvgIpc) is 3.02. The van der Waals surface area contributed by atoms with Crippen molar-refractivity contribution in [1.82, 2.24) is 10.2 Å². The summed E-state index contributed by atoms with van der Waals surface area (Å²) in [5, 5.41) is 18.3. The highest BCUT2D eigenvalue weighted by Gasteiger charge is 2.45. The van der Waals surface area contributed by atoms with Crippen molar-refractivity contribution in [2.45, 2.75) is 36.1 Å². The molecular weight excluding hydrogens is 432 g/mol. The molecule has 2 aliphatic heterocycles. The van der Waals surface area contributed by atoms with Crippen molar-refractivity contribution in [2.75, 3.05) is 38.6 Å². The summed E-state index contributed by atoms with van der Waals surface area (Å²) in [7, 11) is 1.59. The Morgan fingerprint density at radius 1 is 1.54 bits per heavy atom. The van der Waals surface area contributed by atoms with E-state index in [4.69, 9.17) is 9.47 Å². The Hall–Kier alpha value is -1.75. The zero-order chi connectivity index (χ0) is 20.5. The molecule has 0 aliphatic carbocycles. The zero-order valence-corrected chi connectivity index (χ0v) is 17.7. The van der Waals surface area contributed by atoms with E-state index in [9.17, 15) is 14.9 Å². The van der Waals surface area contributed by atoms with Crippen LogP contribution in [0, 0.1) is 10.1 Å². The van der Waals surface area contributed by atoms with Crippen molar-refractivity contribution in [1.29, 1.82) is 0 Å². The van der Waals surface area contributed by atoms with Crippen LogP contribution in [0.2, 0.25) is 0 Å². The van der Waals surface area contributed by atoms with Crippen molar-refractivity contribution in [3.05, 3.63) is 33.9 Å². The number of nitro groups is 1. The number of carbonyl (C=O) groups excluding carboxylic acids is 1. The molecule has 0 saturated carbocycles. The maximum atomic E-state index is 11.8. The topological polar surface area (TPSA) is 106 Å². The Morgan fingerprint density at radius 3 is 2.93 bits per heavy atom. The van der Waals surface area contributed by atoms with Crippen LogP contribution in [0.5, 0.6) is 0 Å². The number of para-hydroxylation sites is 1. The minimum absolute atomic E-state index is 0.0453. The largest absolute Gasteiger partial charge is 0.371 e. The number of nitro benzene ring substituents is 1. The summed E-state index contributed by atoms with van der Waals surface area (Å²) in [4.78, 5) is 24.4. The van der Waals surface area contributed by atoms with Gasteiger partial charge >= 0.3 is 0 Å². The van der Waals surface area contributed by atoms with E-state index < -0.39 is 15.0 Å². The first-order valence-electron chi connectivity index (χ1n) is 9.09. The molecule has 1 aromatic carbocycles. The fourth-order valence-electron chi connectivity index (χ4n) is 4.02. The van der Waals surface area contributed by atoms with Gasteiger partial charge in [-0.1, -0.05) is 28.1 Å². The number of nitrogens with one attached hydrogen (secondary N) is 2. The molecule has 0 bridgehead atoms. The predicted molar refractivity (Wildman–Crippen MR) is 108 cm³/mol. The van der Waals surface area contributed by atoms with Crippen LogP contribution in [0.3, 0.4) is 0 Å². The van der Waals surface area contributed by atoms with E-state index >= 15 is 0 Å². The lowest BCUT2D eigenvalue weighted by atomic mass is 9.90. The van der Waals surface area contributed by atoms with Crippen molar-refractivity contribution in [2.24, 2.45) is 0 Å². The quantitative estimate of drug-likeness (QED) is 0.291. The number of alkyl halides is 1. The van der Waals surface area contributed by atoms with Gasteiger partial charge in [-0.2, -0.15) is 0 Å². The van der Waals surface area contributed by atoms with Crippen LogP contribution < -0.4 is 10.6 Å². The minimum Gasteiger partial charge on any atom is -0.371 e. The van der Waals surface area contributed by atoms with E-state index in [2.05, 4.69) is 26.6 Å². The van der Waals surface area contributed by atoms with E-state index in [-0.39, 0.29) is 17.8 Å². The number of ether oxygens (including phenoxy) is 2. The van der Waals surface area contributed by atoms with Crippen LogP contribution in [0.4, 0.5) is 11.4 Å². The highest BCUT2D eigenvalue weighted by molar-refractivity contribution is 9.10. The third-order valence-electron chi connectivity index (χ3n) is 5.31. The second kappa shape index (κ2) is 7.94. The molecule has 2 fully saturated rings. The normalized spacial score (nSPS) is 32.9. The molecule has 1 amide bonds. The number of anilines is 1. The Labute approximate surface area is 172 Å². The van der Waals surface area contributed by atoms with E-state index in [0.717, 1.165) is 6.41 Å². The molecule has 0 aromatic heterocycles. The lowest BCUT2D eigenvalue weighted by Gasteiger charge is -2.43. The van der Waals surface area contributed by atoms with Gasteiger partial charge in [0, 0.05) is 38.4 Å². The highest BCUT2D eigenvalue weighted by Crippen LogP contribution is 2.42. The van der Waals surface area contributed by atoms with Gasteiger partial charge in [0.05, 0.1) is 23.6 Å². The molecule has 0 spiro atoms. The molecule has 1 aromatic rings. The molecule has 2 aliphatic rings. The van der Waals surface area contributed by atoms with Gasteiger partial charge in [-0.05, 0) is 13.8 Å². The summed E-state index contributed by atoms with van der Waals surface area (Å²) in [6.45, 7) is 5.66. The number of hydrogen-bond acceptors (Lipinski definition) is 7. The molecule has 3 rings (SSSR count). The third-order valence-corrected chi connectivity index (χ3v) is 6.47. The Bertz CT molecular complexity index is 765. The number of carbonyl (C=O) groups is 1. The van der Waals surface area contributed by atoms with Crippen LogP contribution in [0.15, 0.2) is 18.2 Å². The maximum Gasteiger partial charge on any atom is 0.292 e. The minimum atomic E-state index is -0.888. The average molecular weight is 457 g/mol. The van der Waals surface area contributed by atoms with Gasteiger partial charge in [0.15, 0.2) is 4.51 Å². The summed E-state index contributed by atoms with van der Waals surface area (Å²) in [5.74, 6) is 0. The Balaban J connectivity index is 2.05. The molecule has 2 heterocycles. The standard InChI is InChI=1S/C18H25BrN4O5/c1-12-8-22(11-24)10-17(2,28-12)13-5-4-6-14(23(25)26)16(13)21-15-7-20-9-18(15,19)27-3/h4-6,11-12,15,20-21H,7-10H2,1-3H3/t12-,15+,17-,18-/m1/s1. The number of morpholine rings is 1. The van der Waals surface area contributed by atoms with Gasteiger partial charge < -0.3 is 25.0 Å². The number of methoxy groups -OCH3 is 1. The van der Waals surface area contributed by atoms with Crippen molar-refractivity contribution >= 4 is 33.7 Å². The Kier molecular flexibility index (Phi) is 5.95. The molecule has 0 unspecified atom stereocenters. The van der Waals surface area contributed by atoms with Gasteiger partial charge in [0.1, 0.15) is 11.3 Å². The molecular formula is C18H25BrN4O5. The van der Waals surface area contributed by atoms with Gasteiger partial charge in [-0.25, -0.2) is 0 Å². The van der Waals surface area contributed by atoms with Crippen molar-refractivity contribution in [3.8, 4) is 0 Å². The number of rotatable bonds is 6. The monoisotopic (exact) mass is 456 g/mol. The van der Waals surface area contributed by atoms with E-state index in [0.29, 0.717) is 37.4 Å². The summed E-state index contributed by atoms with van der Waals surface area (Å²) >= 11 is 3.59. The fraction of sp³-hybridized carbons (Fsp3) is 0.611. The fourth-order valence-corrected chi connectivity index (χ4v) is 4.50. The lowest BCUT2D eigenvalue weighted by molar-refractivity contribution is -0.384. The van der Waals surface area contributed by atoms with E-state index in [1.54, 1.807) is 24.1 Å². The first-order chi connectivity index (χ1) is 13.2. The number of nitrogens with zero attached hydrogens (tertiary/aromatic N) is 2. The van der Waals surface area contributed by atoms with Crippen molar-refractivity contribution in [3.63, 3.8) is 0 Å². The first kappa shape index (κ1) is 21.0. The molecule has 9 nitrogen and oxygen atoms in total. The number of halogens is 1. The van der Waals surface area contributed by atoms with Crippen LogP contribution in [-0.4, -0.2) is 66.2 Å². The van der Waals surface area contributed by atoms with Crippen molar-refractivity contribution < 1.29 is 19.2 Å². The number of benzene rings is 1. The molecule has 0 radical (unpaired) electrons. The SMILES string of the molecule is CO[C@]1(Br)CNC[C@@H]1Nc1c([N+](=O)[O-])cccc1[C@@]1(C)CN(C=O)C[C@@H](C)O1. The van der Waals surface area contributed by atoms with Gasteiger partial charge in [0.2, 0.25) is 6.41 Å². The first-order valence-corrected chi connectivity index (χ1v) is 9.88. The van der Waals surface area contributed by atoms with Gasteiger partial charge in [-0.15, -0.1) is 0 Å². The molecule has 2 N–H and O–H groups in total. The third kappa shape index (κ3) is 3.86. The zero-order valence-electron chi connectivity index (χ0n) is 16.1. The second-order valence-electron chi connectivity index (χ2n) is 7.47. The number of amides is 1. The maximum absolute atomic E-state index is 11.8. The van der Waals surface area contributed by atoms with Crippen LogP contribution in [-0.2, 0) is 19.9 Å². The smallest absolute Gasteiger partial charge is 0.292 e. The Morgan fingerprint density at radius 2 is 2.29 bits per heavy atom. The van der Waals surface area contributed by atoms with Gasteiger partial charge in [-0.3, -0.25) is 14.9 Å². The summed E-state index contributed by atoms with van der Waals surface area (Å²) < 4.78 is 11.1. The van der Waals surface area contributed by atoms with Crippen LogP contribution in [0.25, 0.3) is 0 Å². The van der Waals surface area contributed by atoms with Gasteiger partial charge in [0.25, 0.3) is 5.69 Å². The summed E-state index contributed by atoms with van der Waals surface area (Å²) in [6.07, 6.45) is 0.593. The van der Waals surface area contributed by atoms with Crippen LogP contribution >= 0.6 is 15.9 Å². The summed E-state index contributed by atoms with van der Waals surface area (Å²) in [5.41, 5.74) is 0.0830. The molecule has 154 valence electrons. The second-order valence-corrected chi connectivity index (χ2v) is 8.81. The summed E-state index contributed by atoms with van der Waals surface area (Å²) in [6, 6.07) is 4.66. The number of hydrogen-bond donors (Lipinski definition) is 2. The van der Waals surface area contributed by atoms with E-state index in [1.165, 1.54) is 6.07 Å². The molecule has 4 atom stereocenters. The van der Waals surface area contributed by atoms with Crippen LogP contribution in [0.1, 0.15) is 19.4 Å². The molecule has 10 heteroatoms.